The van der Waals surface area contributed by atoms with Crippen LogP contribution in [0.25, 0.3) is 0 Å². The number of benzene rings is 2. The SMILES string of the molecule is Cc1ccc(CC(=O)OCC(=O)Nc2cccc(C)c2C)cc1. The predicted molar refractivity (Wildman–Crippen MR) is 90.4 cm³/mol. The summed E-state index contributed by atoms with van der Waals surface area (Å²) in [7, 11) is 0. The molecule has 0 bridgehead atoms. The van der Waals surface area contributed by atoms with Gasteiger partial charge in [-0.2, -0.15) is 0 Å². The second-order valence-electron chi connectivity index (χ2n) is 5.62. The van der Waals surface area contributed by atoms with Crippen LogP contribution in [0.3, 0.4) is 0 Å². The van der Waals surface area contributed by atoms with E-state index in [1.807, 2.05) is 63.2 Å². The monoisotopic (exact) mass is 311 g/mol. The number of carbonyl (C=O) groups is 2. The van der Waals surface area contributed by atoms with E-state index >= 15 is 0 Å². The third-order valence-corrected chi connectivity index (χ3v) is 3.71. The molecule has 0 aliphatic carbocycles. The predicted octanol–water partition coefficient (Wildman–Crippen LogP) is 3.34. The number of hydrogen-bond acceptors (Lipinski definition) is 3. The van der Waals surface area contributed by atoms with Crippen molar-refractivity contribution in [2.24, 2.45) is 0 Å². The van der Waals surface area contributed by atoms with Gasteiger partial charge in [0.1, 0.15) is 0 Å². The molecule has 120 valence electrons. The van der Waals surface area contributed by atoms with E-state index in [0.29, 0.717) is 0 Å². The van der Waals surface area contributed by atoms with E-state index in [1.165, 1.54) is 0 Å². The average molecular weight is 311 g/mol. The van der Waals surface area contributed by atoms with Gasteiger partial charge in [-0.15, -0.1) is 0 Å². The number of anilines is 1. The van der Waals surface area contributed by atoms with Crippen LogP contribution in [-0.4, -0.2) is 18.5 Å². The first-order valence-electron chi connectivity index (χ1n) is 7.53. The fourth-order valence-corrected chi connectivity index (χ4v) is 2.14. The minimum absolute atomic E-state index is 0.164. The van der Waals surface area contributed by atoms with Gasteiger partial charge in [-0.05, 0) is 43.5 Å². The van der Waals surface area contributed by atoms with Gasteiger partial charge in [0.2, 0.25) is 0 Å². The van der Waals surface area contributed by atoms with Crippen LogP contribution in [0.1, 0.15) is 22.3 Å². The molecular formula is C19H21NO3. The van der Waals surface area contributed by atoms with Gasteiger partial charge in [-0.3, -0.25) is 9.59 Å². The number of aryl methyl sites for hydroxylation is 2. The molecule has 0 aliphatic heterocycles. The average Bonchev–Trinajstić information content (AvgIpc) is 2.52. The summed E-state index contributed by atoms with van der Waals surface area (Å²) in [6.07, 6.45) is 0.164. The minimum atomic E-state index is -0.412. The molecule has 0 unspecified atom stereocenters. The lowest BCUT2D eigenvalue weighted by molar-refractivity contribution is -0.146. The van der Waals surface area contributed by atoms with Crippen molar-refractivity contribution in [2.75, 3.05) is 11.9 Å². The number of esters is 1. The summed E-state index contributed by atoms with van der Waals surface area (Å²) >= 11 is 0. The van der Waals surface area contributed by atoms with Gasteiger partial charge in [0.15, 0.2) is 6.61 Å². The van der Waals surface area contributed by atoms with Gasteiger partial charge in [-0.1, -0.05) is 42.0 Å². The molecule has 4 nitrogen and oxygen atoms in total. The van der Waals surface area contributed by atoms with Crippen molar-refractivity contribution in [3.63, 3.8) is 0 Å². The zero-order valence-corrected chi connectivity index (χ0v) is 13.7. The highest BCUT2D eigenvalue weighted by molar-refractivity contribution is 5.93. The quantitative estimate of drug-likeness (QED) is 0.862. The van der Waals surface area contributed by atoms with Crippen LogP contribution in [0.4, 0.5) is 5.69 Å². The van der Waals surface area contributed by atoms with E-state index in [2.05, 4.69) is 5.32 Å². The molecule has 0 atom stereocenters. The van der Waals surface area contributed by atoms with Gasteiger partial charge < -0.3 is 10.1 Å². The number of amides is 1. The smallest absolute Gasteiger partial charge is 0.310 e. The molecule has 1 amide bonds. The molecule has 0 spiro atoms. The highest BCUT2D eigenvalue weighted by Gasteiger charge is 2.10. The molecule has 0 heterocycles. The maximum Gasteiger partial charge on any atom is 0.310 e. The number of carbonyl (C=O) groups excluding carboxylic acids is 2. The molecule has 0 fully saturated rings. The van der Waals surface area contributed by atoms with Crippen LogP contribution in [-0.2, 0) is 20.7 Å². The van der Waals surface area contributed by atoms with Gasteiger partial charge in [0.25, 0.3) is 5.91 Å². The normalized spacial score (nSPS) is 10.2. The van der Waals surface area contributed by atoms with Crippen molar-refractivity contribution in [3.05, 3.63) is 64.7 Å². The van der Waals surface area contributed by atoms with E-state index in [1.54, 1.807) is 0 Å². The topological polar surface area (TPSA) is 55.4 Å². The summed E-state index contributed by atoms with van der Waals surface area (Å²) < 4.78 is 5.03. The summed E-state index contributed by atoms with van der Waals surface area (Å²) in [5.74, 6) is -0.749. The number of ether oxygens (including phenoxy) is 1. The zero-order valence-electron chi connectivity index (χ0n) is 13.7. The van der Waals surface area contributed by atoms with Crippen molar-refractivity contribution in [3.8, 4) is 0 Å². The first-order chi connectivity index (χ1) is 11.0. The summed E-state index contributed by atoms with van der Waals surface area (Å²) in [4.78, 5) is 23.7. The highest BCUT2D eigenvalue weighted by atomic mass is 16.5. The van der Waals surface area contributed by atoms with Crippen LogP contribution in [0.15, 0.2) is 42.5 Å². The Morgan fingerprint density at radius 2 is 1.70 bits per heavy atom. The summed E-state index contributed by atoms with van der Waals surface area (Å²) in [6.45, 7) is 5.62. The lowest BCUT2D eigenvalue weighted by atomic mass is 10.1. The Labute approximate surface area is 136 Å². The van der Waals surface area contributed by atoms with Crippen LogP contribution < -0.4 is 5.32 Å². The molecule has 0 saturated heterocycles. The van der Waals surface area contributed by atoms with Crippen LogP contribution in [0.2, 0.25) is 0 Å². The Hall–Kier alpha value is -2.62. The Balaban J connectivity index is 1.83. The second-order valence-corrected chi connectivity index (χ2v) is 5.62. The summed E-state index contributed by atoms with van der Waals surface area (Å²) in [6, 6.07) is 13.3. The maximum atomic E-state index is 11.9. The van der Waals surface area contributed by atoms with E-state index in [0.717, 1.165) is 27.9 Å². The minimum Gasteiger partial charge on any atom is -0.455 e. The number of nitrogens with one attached hydrogen (secondary N) is 1. The first kappa shape index (κ1) is 16.7. The highest BCUT2D eigenvalue weighted by Crippen LogP contribution is 2.17. The molecule has 0 aromatic heterocycles. The van der Waals surface area contributed by atoms with Gasteiger partial charge >= 0.3 is 5.97 Å². The Morgan fingerprint density at radius 3 is 2.39 bits per heavy atom. The molecular weight excluding hydrogens is 290 g/mol. The van der Waals surface area contributed by atoms with Crippen LogP contribution in [0, 0.1) is 20.8 Å². The zero-order chi connectivity index (χ0) is 16.8. The molecule has 23 heavy (non-hydrogen) atoms. The Morgan fingerprint density at radius 1 is 1.00 bits per heavy atom. The van der Waals surface area contributed by atoms with Gasteiger partial charge in [0, 0.05) is 5.69 Å². The number of rotatable bonds is 5. The van der Waals surface area contributed by atoms with Crippen LogP contribution >= 0.6 is 0 Å². The van der Waals surface area contributed by atoms with Crippen LogP contribution in [0.5, 0.6) is 0 Å². The van der Waals surface area contributed by atoms with Crippen molar-refractivity contribution in [1.29, 1.82) is 0 Å². The van der Waals surface area contributed by atoms with E-state index in [4.69, 9.17) is 4.74 Å². The van der Waals surface area contributed by atoms with E-state index in [-0.39, 0.29) is 18.9 Å². The lowest BCUT2D eigenvalue weighted by Crippen LogP contribution is -2.22. The molecule has 0 aliphatic rings. The van der Waals surface area contributed by atoms with Crippen molar-refractivity contribution in [2.45, 2.75) is 27.2 Å². The molecule has 0 saturated carbocycles. The van der Waals surface area contributed by atoms with E-state index in [9.17, 15) is 9.59 Å². The van der Waals surface area contributed by atoms with Gasteiger partial charge in [0.05, 0.1) is 6.42 Å². The summed E-state index contributed by atoms with van der Waals surface area (Å²) in [5.41, 5.74) is 4.85. The molecule has 2 aromatic rings. The Kier molecular flexibility index (Phi) is 5.52. The molecule has 4 heteroatoms. The number of hydrogen-bond donors (Lipinski definition) is 1. The molecule has 2 aromatic carbocycles. The standard InChI is InChI=1S/C19H21NO3/c1-13-7-9-16(10-8-13)11-19(22)23-12-18(21)20-17-6-4-5-14(2)15(17)3/h4-10H,11-12H2,1-3H3,(H,20,21). The molecule has 1 N–H and O–H groups in total. The van der Waals surface area contributed by atoms with Crippen molar-refractivity contribution < 1.29 is 14.3 Å². The summed E-state index contributed by atoms with van der Waals surface area (Å²) in [5, 5.41) is 2.76. The lowest BCUT2D eigenvalue weighted by Gasteiger charge is -2.10. The molecule has 2 rings (SSSR count). The largest absolute Gasteiger partial charge is 0.455 e. The fourth-order valence-electron chi connectivity index (χ4n) is 2.14. The first-order valence-corrected chi connectivity index (χ1v) is 7.53. The molecule has 0 radical (unpaired) electrons. The van der Waals surface area contributed by atoms with Crippen molar-refractivity contribution >= 4 is 17.6 Å². The third kappa shape index (κ3) is 4.95. The third-order valence-electron chi connectivity index (χ3n) is 3.71. The van der Waals surface area contributed by atoms with Gasteiger partial charge in [-0.25, -0.2) is 0 Å². The van der Waals surface area contributed by atoms with E-state index < -0.39 is 5.97 Å². The van der Waals surface area contributed by atoms with Crippen molar-refractivity contribution in [1.82, 2.24) is 0 Å². The maximum absolute atomic E-state index is 11.9. The Bertz CT molecular complexity index is 705. The second kappa shape index (κ2) is 7.58. The fraction of sp³-hybridized carbons (Fsp3) is 0.263.